The van der Waals surface area contributed by atoms with E-state index in [1.807, 2.05) is 48.7 Å². The molecule has 0 aliphatic carbocycles. The molecular formula is C21H18N4O2S3. The molecule has 0 radical (unpaired) electrons. The van der Waals surface area contributed by atoms with Crippen molar-refractivity contribution in [2.75, 3.05) is 5.32 Å². The Morgan fingerprint density at radius 1 is 1.00 bits per heavy atom. The minimum atomic E-state index is -0.275. The lowest BCUT2D eigenvalue weighted by molar-refractivity contribution is -0.119. The van der Waals surface area contributed by atoms with Gasteiger partial charge in [-0.3, -0.25) is 14.9 Å². The average Bonchev–Trinajstić information content (AvgIpc) is 3.47. The zero-order valence-electron chi connectivity index (χ0n) is 16.3. The van der Waals surface area contributed by atoms with Crippen molar-refractivity contribution >= 4 is 51.0 Å². The number of thiazole rings is 2. The minimum Gasteiger partial charge on any atom is -0.351 e. The summed E-state index contributed by atoms with van der Waals surface area (Å²) in [6.45, 7) is 4.03. The van der Waals surface area contributed by atoms with E-state index in [0.717, 1.165) is 26.0 Å². The monoisotopic (exact) mass is 454 g/mol. The van der Waals surface area contributed by atoms with Gasteiger partial charge in [0.15, 0.2) is 5.13 Å². The van der Waals surface area contributed by atoms with E-state index in [-0.39, 0.29) is 11.8 Å². The van der Waals surface area contributed by atoms with Gasteiger partial charge in [-0.15, -0.1) is 34.0 Å². The molecule has 1 aromatic carbocycles. The number of rotatable bonds is 6. The van der Waals surface area contributed by atoms with Crippen LogP contribution in [0.4, 0.5) is 5.13 Å². The van der Waals surface area contributed by atoms with Crippen LogP contribution in [0.15, 0.2) is 47.2 Å². The Balaban J connectivity index is 1.42. The van der Waals surface area contributed by atoms with Gasteiger partial charge in [0.2, 0.25) is 5.91 Å². The second-order valence-corrected chi connectivity index (χ2v) is 9.46. The smallest absolute Gasteiger partial charge is 0.276 e. The first-order valence-electron chi connectivity index (χ1n) is 9.11. The van der Waals surface area contributed by atoms with E-state index in [2.05, 4.69) is 20.6 Å². The fourth-order valence-corrected chi connectivity index (χ4v) is 5.13. The number of amides is 2. The molecule has 4 rings (SSSR count). The summed E-state index contributed by atoms with van der Waals surface area (Å²) in [4.78, 5) is 34.6. The molecule has 0 saturated carbocycles. The molecule has 2 amide bonds. The molecule has 0 aliphatic heterocycles. The van der Waals surface area contributed by atoms with Gasteiger partial charge in [0.05, 0.1) is 17.1 Å². The Kier molecular flexibility index (Phi) is 6.03. The Hall–Kier alpha value is -2.88. The summed E-state index contributed by atoms with van der Waals surface area (Å²) >= 11 is 4.38. The summed E-state index contributed by atoms with van der Waals surface area (Å²) in [7, 11) is 0. The summed E-state index contributed by atoms with van der Waals surface area (Å²) in [5, 5.41) is 10.6. The lowest BCUT2D eigenvalue weighted by atomic mass is 10.2. The highest BCUT2D eigenvalue weighted by molar-refractivity contribution is 7.17. The van der Waals surface area contributed by atoms with Crippen molar-refractivity contribution in [3.05, 3.63) is 63.3 Å². The van der Waals surface area contributed by atoms with Gasteiger partial charge >= 0.3 is 0 Å². The Bertz CT molecular complexity index is 1190. The van der Waals surface area contributed by atoms with Gasteiger partial charge in [-0.1, -0.05) is 29.8 Å². The predicted molar refractivity (Wildman–Crippen MR) is 123 cm³/mol. The van der Waals surface area contributed by atoms with Gasteiger partial charge in [-0.05, 0) is 19.1 Å². The highest BCUT2D eigenvalue weighted by Crippen LogP contribution is 2.31. The number of benzene rings is 1. The molecule has 0 unspecified atom stereocenters. The van der Waals surface area contributed by atoms with Crippen LogP contribution in [0.1, 0.15) is 27.9 Å². The van der Waals surface area contributed by atoms with Crippen molar-refractivity contribution in [3.8, 4) is 21.1 Å². The summed E-state index contributed by atoms with van der Waals surface area (Å²) in [5.74, 6) is -0.334. The molecule has 3 heterocycles. The first-order valence-corrected chi connectivity index (χ1v) is 11.7. The highest BCUT2D eigenvalue weighted by atomic mass is 32.1. The van der Waals surface area contributed by atoms with E-state index in [1.54, 1.807) is 16.7 Å². The van der Waals surface area contributed by atoms with Crippen molar-refractivity contribution in [1.82, 2.24) is 15.3 Å². The first-order chi connectivity index (χ1) is 14.5. The standard InChI is InChI=1S/C21H18N4O2S3/c1-12-3-5-14(6-4-12)20-23-17(11-28-20)19(27)25-21-24-16(10-29-21)18-8-7-15(30-18)9-22-13(2)26/h3-8,10-11H,9H2,1-2H3,(H,22,26)(H,24,25,27). The molecule has 4 aromatic rings. The quantitative estimate of drug-likeness (QED) is 0.420. The maximum Gasteiger partial charge on any atom is 0.276 e. The van der Waals surface area contributed by atoms with Gasteiger partial charge in [0.25, 0.3) is 5.91 Å². The Morgan fingerprint density at radius 2 is 1.80 bits per heavy atom. The Labute approximate surface area is 185 Å². The maximum absolute atomic E-state index is 12.6. The normalized spacial score (nSPS) is 10.7. The van der Waals surface area contributed by atoms with Crippen LogP contribution >= 0.6 is 34.0 Å². The van der Waals surface area contributed by atoms with Gasteiger partial charge in [-0.25, -0.2) is 9.97 Å². The van der Waals surface area contributed by atoms with Crippen LogP contribution in [-0.4, -0.2) is 21.8 Å². The first kappa shape index (κ1) is 20.4. The fourth-order valence-electron chi connectivity index (χ4n) is 2.63. The molecule has 30 heavy (non-hydrogen) atoms. The third kappa shape index (κ3) is 4.81. The van der Waals surface area contributed by atoms with Crippen LogP contribution in [0, 0.1) is 6.92 Å². The number of nitrogens with zero attached hydrogens (tertiary/aromatic N) is 2. The van der Waals surface area contributed by atoms with Crippen LogP contribution < -0.4 is 10.6 Å². The number of carbonyl (C=O) groups is 2. The van der Waals surface area contributed by atoms with E-state index in [0.29, 0.717) is 17.4 Å². The summed E-state index contributed by atoms with van der Waals surface area (Å²) in [6, 6.07) is 12.0. The second kappa shape index (κ2) is 8.86. The molecule has 6 nitrogen and oxygen atoms in total. The van der Waals surface area contributed by atoms with E-state index >= 15 is 0 Å². The Morgan fingerprint density at radius 3 is 2.57 bits per heavy atom. The van der Waals surface area contributed by atoms with Crippen molar-refractivity contribution in [2.24, 2.45) is 0 Å². The number of aromatic nitrogens is 2. The van der Waals surface area contributed by atoms with Crippen LogP contribution in [0.2, 0.25) is 0 Å². The molecule has 0 spiro atoms. The van der Waals surface area contributed by atoms with Crippen molar-refractivity contribution in [1.29, 1.82) is 0 Å². The zero-order valence-corrected chi connectivity index (χ0v) is 18.7. The fraction of sp³-hybridized carbons (Fsp3) is 0.143. The van der Waals surface area contributed by atoms with E-state index < -0.39 is 0 Å². The molecular weight excluding hydrogens is 436 g/mol. The molecule has 2 N–H and O–H groups in total. The number of hydrogen-bond acceptors (Lipinski definition) is 7. The maximum atomic E-state index is 12.6. The van der Waals surface area contributed by atoms with Crippen molar-refractivity contribution < 1.29 is 9.59 Å². The number of nitrogens with one attached hydrogen (secondary N) is 2. The van der Waals surface area contributed by atoms with Crippen molar-refractivity contribution in [3.63, 3.8) is 0 Å². The number of thiophene rings is 1. The number of anilines is 1. The third-order valence-electron chi connectivity index (χ3n) is 4.19. The van der Waals surface area contributed by atoms with Crippen LogP contribution in [0.25, 0.3) is 21.1 Å². The molecule has 0 saturated heterocycles. The van der Waals surface area contributed by atoms with Crippen LogP contribution in [0.3, 0.4) is 0 Å². The molecule has 0 bridgehead atoms. The van der Waals surface area contributed by atoms with E-state index in [4.69, 9.17) is 0 Å². The largest absolute Gasteiger partial charge is 0.351 e. The van der Waals surface area contributed by atoms with Crippen LogP contribution in [-0.2, 0) is 11.3 Å². The number of hydrogen-bond donors (Lipinski definition) is 2. The SMILES string of the molecule is CC(=O)NCc1ccc(-c2csc(NC(=O)c3csc(-c4ccc(C)cc4)n3)n2)s1. The van der Waals surface area contributed by atoms with Crippen molar-refractivity contribution in [2.45, 2.75) is 20.4 Å². The molecule has 3 aromatic heterocycles. The highest BCUT2D eigenvalue weighted by Gasteiger charge is 2.15. The molecule has 0 aliphatic rings. The van der Waals surface area contributed by atoms with Gasteiger partial charge < -0.3 is 5.32 Å². The van der Waals surface area contributed by atoms with Gasteiger partial charge in [-0.2, -0.15) is 0 Å². The predicted octanol–water partition coefficient (Wildman–Crippen LogP) is 5.19. The molecule has 9 heteroatoms. The second-order valence-electron chi connectivity index (χ2n) is 6.57. The van der Waals surface area contributed by atoms with E-state index in [9.17, 15) is 9.59 Å². The van der Waals surface area contributed by atoms with Gasteiger partial charge in [0, 0.05) is 28.1 Å². The minimum absolute atomic E-state index is 0.0591. The topological polar surface area (TPSA) is 84.0 Å². The van der Waals surface area contributed by atoms with E-state index in [1.165, 1.54) is 35.2 Å². The molecule has 0 fully saturated rings. The van der Waals surface area contributed by atoms with Crippen LogP contribution in [0.5, 0.6) is 0 Å². The molecule has 152 valence electrons. The molecule has 0 atom stereocenters. The lowest BCUT2D eigenvalue weighted by Gasteiger charge is -1.99. The number of aryl methyl sites for hydroxylation is 1. The average molecular weight is 455 g/mol. The zero-order chi connectivity index (χ0) is 21.1. The summed E-state index contributed by atoms with van der Waals surface area (Å²) < 4.78 is 0. The lowest BCUT2D eigenvalue weighted by Crippen LogP contribution is -2.17. The summed E-state index contributed by atoms with van der Waals surface area (Å²) in [5.41, 5.74) is 3.35. The summed E-state index contributed by atoms with van der Waals surface area (Å²) in [6.07, 6.45) is 0. The number of carbonyl (C=O) groups excluding carboxylic acids is 2. The van der Waals surface area contributed by atoms with Gasteiger partial charge in [0.1, 0.15) is 10.7 Å². The third-order valence-corrected chi connectivity index (χ3v) is 6.94.